The first-order valence-corrected chi connectivity index (χ1v) is 4.50. The summed E-state index contributed by atoms with van der Waals surface area (Å²) in [5.41, 5.74) is -0.372. The molecule has 1 heteroatoms. The van der Waals surface area contributed by atoms with Crippen molar-refractivity contribution in [1.82, 2.24) is 0 Å². The Balaban J connectivity index is 2.64. The minimum atomic E-state index is -0.415. The molecule has 1 radical (unpaired) electrons. The van der Waals surface area contributed by atoms with Crippen LogP contribution in [0.15, 0.2) is 0 Å². The Kier molecular flexibility index (Phi) is 2.29. The average Bonchev–Trinajstić information content (AvgIpc) is 1.87. The minimum absolute atomic E-state index is 0.0429. The third-order valence-electron chi connectivity index (χ3n) is 2.92. The normalized spacial score (nSPS) is 25.1. The fraction of sp³-hybridized carbons (Fsp3) is 0.900. The molecule has 1 rings (SSSR count). The molecule has 1 N–H and O–H groups in total. The molecule has 0 atom stereocenters. The van der Waals surface area contributed by atoms with Crippen LogP contribution in [-0.2, 0) is 0 Å². The van der Waals surface area contributed by atoms with E-state index in [1.54, 1.807) is 0 Å². The standard InChI is InChI=1S/C10H19O/c1-9(2,3)10(11)7-5-4-6-8-10/h4,11H,5-8H2,1-3H3. The van der Waals surface area contributed by atoms with Crippen LogP contribution in [0.4, 0.5) is 0 Å². The van der Waals surface area contributed by atoms with E-state index in [1.165, 1.54) is 0 Å². The van der Waals surface area contributed by atoms with Gasteiger partial charge in [-0.05, 0) is 37.5 Å². The molecule has 0 heterocycles. The van der Waals surface area contributed by atoms with Gasteiger partial charge in [-0.1, -0.05) is 20.8 Å². The van der Waals surface area contributed by atoms with Crippen LogP contribution in [0.1, 0.15) is 46.5 Å². The van der Waals surface area contributed by atoms with Crippen molar-refractivity contribution < 1.29 is 5.11 Å². The van der Waals surface area contributed by atoms with E-state index in [1.807, 2.05) is 0 Å². The Morgan fingerprint density at radius 3 is 1.91 bits per heavy atom. The van der Waals surface area contributed by atoms with Gasteiger partial charge in [-0.2, -0.15) is 0 Å². The molecule has 0 aromatic rings. The van der Waals surface area contributed by atoms with Gasteiger partial charge in [-0.25, -0.2) is 0 Å². The fourth-order valence-corrected chi connectivity index (χ4v) is 1.70. The van der Waals surface area contributed by atoms with Gasteiger partial charge in [0.15, 0.2) is 0 Å². The zero-order chi connectivity index (χ0) is 8.54. The number of rotatable bonds is 0. The molecular formula is C10H19O. The molecule has 0 bridgehead atoms. The highest BCUT2D eigenvalue weighted by Gasteiger charge is 2.40. The van der Waals surface area contributed by atoms with Gasteiger partial charge in [-0.3, -0.25) is 0 Å². The lowest BCUT2D eigenvalue weighted by molar-refractivity contribution is -0.0782. The van der Waals surface area contributed by atoms with Crippen LogP contribution in [0.3, 0.4) is 0 Å². The van der Waals surface area contributed by atoms with E-state index in [4.69, 9.17) is 0 Å². The summed E-state index contributed by atoms with van der Waals surface area (Å²) in [5, 5.41) is 10.2. The summed E-state index contributed by atoms with van der Waals surface area (Å²) in [6, 6.07) is 0. The second-order valence-corrected chi connectivity index (χ2v) is 4.65. The van der Waals surface area contributed by atoms with Crippen LogP contribution < -0.4 is 0 Å². The van der Waals surface area contributed by atoms with Crippen LogP contribution >= 0.6 is 0 Å². The van der Waals surface area contributed by atoms with Crippen molar-refractivity contribution in [1.29, 1.82) is 0 Å². The van der Waals surface area contributed by atoms with Crippen molar-refractivity contribution in [3.05, 3.63) is 6.42 Å². The second kappa shape index (κ2) is 2.78. The molecule has 1 nitrogen and oxygen atoms in total. The van der Waals surface area contributed by atoms with Gasteiger partial charge in [0, 0.05) is 0 Å². The van der Waals surface area contributed by atoms with E-state index in [9.17, 15) is 5.11 Å². The molecule has 65 valence electrons. The van der Waals surface area contributed by atoms with Gasteiger partial charge in [-0.15, -0.1) is 0 Å². The molecule has 1 aliphatic rings. The van der Waals surface area contributed by atoms with Gasteiger partial charge < -0.3 is 5.11 Å². The molecule has 0 aromatic heterocycles. The van der Waals surface area contributed by atoms with E-state index in [2.05, 4.69) is 27.2 Å². The number of aliphatic hydroxyl groups is 1. The molecule has 0 saturated heterocycles. The Morgan fingerprint density at radius 1 is 1.18 bits per heavy atom. The van der Waals surface area contributed by atoms with E-state index in [-0.39, 0.29) is 5.41 Å². The van der Waals surface area contributed by atoms with Crippen molar-refractivity contribution in [3.63, 3.8) is 0 Å². The van der Waals surface area contributed by atoms with Gasteiger partial charge >= 0.3 is 0 Å². The maximum absolute atomic E-state index is 10.2. The number of hydrogen-bond donors (Lipinski definition) is 1. The van der Waals surface area contributed by atoms with E-state index >= 15 is 0 Å². The van der Waals surface area contributed by atoms with Crippen LogP contribution in [0.5, 0.6) is 0 Å². The van der Waals surface area contributed by atoms with Crippen LogP contribution in [0, 0.1) is 11.8 Å². The van der Waals surface area contributed by atoms with Crippen LogP contribution in [0.2, 0.25) is 0 Å². The summed E-state index contributed by atoms with van der Waals surface area (Å²) in [4.78, 5) is 0. The summed E-state index contributed by atoms with van der Waals surface area (Å²) in [6.07, 6.45) is 6.31. The molecular weight excluding hydrogens is 136 g/mol. The van der Waals surface area contributed by atoms with Crippen molar-refractivity contribution in [2.75, 3.05) is 0 Å². The quantitative estimate of drug-likeness (QED) is 0.570. The van der Waals surface area contributed by atoms with E-state index in [0.717, 1.165) is 25.7 Å². The predicted octanol–water partition coefficient (Wildman–Crippen LogP) is 2.54. The molecule has 0 aromatic carbocycles. The molecule has 1 fully saturated rings. The van der Waals surface area contributed by atoms with Crippen molar-refractivity contribution in [3.8, 4) is 0 Å². The first kappa shape index (κ1) is 9.05. The summed E-state index contributed by atoms with van der Waals surface area (Å²) in [5.74, 6) is 0. The lowest BCUT2D eigenvalue weighted by Crippen LogP contribution is -2.44. The molecule has 1 saturated carbocycles. The first-order chi connectivity index (χ1) is 4.96. The fourth-order valence-electron chi connectivity index (χ4n) is 1.70. The van der Waals surface area contributed by atoms with E-state index in [0.29, 0.717) is 0 Å². The van der Waals surface area contributed by atoms with Gasteiger partial charge in [0.05, 0.1) is 5.60 Å². The van der Waals surface area contributed by atoms with Gasteiger partial charge in [0.2, 0.25) is 0 Å². The maximum Gasteiger partial charge on any atom is 0.0696 e. The maximum atomic E-state index is 10.2. The van der Waals surface area contributed by atoms with Crippen molar-refractivity contribution >= 4 is 0 Å². The molecule has 11 heavy (non-hydrogen) atoms. The zero-order valence-corrected chi connectivity index (χ0v) is 7.85. The molecule has 0 spiro atoms. The smallest absolute Gasteiger partial charge is 0.0696 e. The van der Waals surface area contributed by atoms with Gasteiger partial charge in [0.1, 0.15) is 0 Å². The Morgan fingerprint density at radius 2 is 1.64 bits per heavy atom. The molecule has 0 unspecified atom stereocenters. The highest BCUT2D eigenvalue weighted by atomic mass is 16.3. The molecule has 1 aliphatic carbocycles. The predicted molar refractivity (Wildman–Crippen MR) is 47.2 cm³/mol. The minimum Gasteiger partial charge on any atom is -0.389 e. The topological polar surface area (TPSA) is 20.2 Å². The van der Waals surface area contributed by atoms with Crippen molar-refractivity contribution in [2.45, 2.75) is 52.1 Å². The largest absolute Gasteiger partial charge is 0.389 e. The lowest BCUT2D eigenvalue weighted by Gasteiger charge is -2.43. The Hall–Kier alpha value is -0.0400. The summed E-state index contributed by atoms with van der Waals surface area (Å²) in [6.45, 7) is 6.37. The summed E-state index contributed by atoms with van der Waals surface area (Å²) >= 11 is 0. The van der Waals surface area contributed by atoms with Crippen LogP contribution in [0.25, 0.3) is 0 Å². The lowest BCUT2D eigenvalue weighted by atomic mass is 9.68. The highest BCUT2D eigenvalue weighted by Crippen LogP contribution is 2.41. The Bertz CT molecular complexity index is 126. The highest BCUT2D eigenvalue weighted by molar-refractivity contribution is 4.96. The van der Waals surface area contributed by atoms with E-state index < -0.39 is 5.60 Å². The third-order valence-corrected chi connectivity index (χ3v) is 2.92. The van der Waals surface area contributed by atoms with Gasteiger partial charge in [0.25, 0.3) is 0 Å². The van der Waals surface area contributed by atoms with Crippen LogP contribution in [-0.4, -0.2) is 10.7 Å². The molecule has 0 amide bonds. The third kappa shape index (κ3) is 1.76. The SMILES string of the molecule is CC(C)(C)C1(O)CC[CH]CC1. The summed E-state index contributed by atoms with van der Waals surface area (Å²) < 4.78 is 0. The molecule has 0 aliphatic heterocycles. The second-order valence-electron chi connectivity index (χ2n) is 4.65. The Labute approximate surface area is 69.8 Å². The first-order valence-electron chi connectivity index (χ1n) is 4.50. The number of hydrogen-bond acceptors (Lipinski definition) is 1. The summed E-state index contributed by atoms with van der Waals surface area (Å²) in [7, 11) is 0. The monoisotopic (exact) mass is 155 g/mol. The zero-order valence-electron chi connectivity index (χ0n) is 7.85. The van der Waals surface area contributed by atoms with Crippen molar-refractivity contribution in [2.24, 2.45) is 5.41 Å². The average molecular weight is 155 g/mol.